The van der Waals surface area contributed by atoms with Crippen LogP contribution in [0.2, 0.25) is 0 Å². The third-order valence-corrected chi connectivity index (χ3v) is 7.96. The van der Waals surface area contributed by atoms with Crippen LogP contribution in [0.1, 0.15) is 10.4 Å². The number of nitrogens with zero attached hydrogens (tertiary/aromatic N) is 2. The van der Waals surface area contributed by atoms with Gasteiger partial charge in [-0.1, -0.05) is 11.3 Å². The summed E-state index contributed by atoms with van der Waals surface area (Å²) in [5.41, 5.74) is 1.00. The van der Waals surface area contributed by atoms with E-state index in [0.717, 1.165) is 4.70 Å². The zero-order valence-electron chi connectivity index (χ0n) is 18.8. The lowest BCUT2D eigenvalue weighted by Gasteiger charge is -2.21. The van der Waals surface area contributed by atoms with Gasteiger partial charge in [-0.15, -0.1) is 0 Å². The summed E-state index contributed by atoms with van der Waals surface area (Å²) in [7, 11) is -0.745. The van der Waals surface area contributed by atoms with Crippen molar-refractivity contribution in [2.24, 2.45) is 0 Å². The number of carbonyl (C=O) groups is 1. The van der Waals surface area contributed by atoms with Gasteiger partial charge in [-0.3, -0.25) is 10.1 Å². The maximum absolute atomic E-state index is 13.0. The quantitative estimate of drug-likeness (QED) is 0.445. The lowest BCUT2D eigenvalue weighted by molar-refractivity contribution is 0.102. The zero-order valence-corrected chi connectivity index (χ0v) is 20.4. The molecule has 0 aliphatic carbocycles. The van der Waals surface area contributed by atoms with Crippen molar-refractivity contribution in [1.82, 2.24) is 9.29 Å². The molecule has 4 rings (SSSR count). The van der Waals surface area contributed by atoms with Gasteiger partial charge < -0.3 is 18.9 Å². The fourth-order valence-electron chi connectivity index (χ4n) is 3.35. The number of amides is 1. The maximum Gasteiger partial charge on any atom is 0.257 e. The first kappa shape index (κ1) is 24.4. The number of ether oxygens (including phenoxy) is 4. The minimum Gasteiger partial charge on any atom is -0.486 e. The molecule has 10 nitrogen and oxygen atoms in total. The van der Waals surface area contributed by atoms with E-state index in [2.05, 4.69) is 10.3 Å². The molecule has 0 saturated heterocycles. The van der Waals surface area contributed by atoms with E-state index in [1.54, 1.807) is 6.07 Å². The van der Waals surface area contributed by atoms with E-state index in [-0.39, 0.29) is 31.2 Å². The predicted molar refractivity (Wildman–Crippen MR) is 128 cm³/mol. The Morgan fingerprint density at radius 3 is 2.29 bits per heavy atom. The molecule has 0 atom stereocenters. The topological polar surface area (TPSA) is 116 Å². The number of hydrogen-bond acceptors (Lipinski definition) is 9. The molecule has 0 fully saturated rings. The number of benzene rings is 2. The first-order chi connectivity index (χ1) is 16.4. The van der Waals surface area contributed by atoms with Gasteiger partial charge in [0.05, 0.1) is 28.3 Å². The molecule has 0 saturated carbocycles. The second kappa shape index (κ2) is 10.7. The van der Waals surface area contributed by atoms with Gasteiger partial charge in [-0.2, -0.15) is 4.31 Å². The smallest absolute Gasteiger partial charge is 0.257 e. The first-order valence-electron chi connectivity index (χ1n) is 10.5. The molecule has 3 aromatic rings. The standard InChI is InChI=1S/C22H25N3O7S2/c1-29-9-7-25(8-10-30-2)34(27,28)16-5-3-15(4-6-16)21(26)24-22-23-17-13-18-19(14-20(17)33-22)32-12-11-31-18/h3-6,13-14H,7-12H2,1-2H3,(H,23,24,26). The Kier molecular flexibility index (Phi) is 7.63. The molecule has 0 radical (unpaired) electrons. The second-order valence-corrected chi connectivity index (χ2v) is 10.3. The van der Waals surface area contributed by atoms with E-state index in [4.69, 9.17) is 18.9 Å². The van der Waals surface area contributed by atoms with Crippen molar-refractivity contribution in [3.63, 3.8) is 0 Å². The number of carbonyl (C=O) groups excluding carboxylic acids is 1. The van der Waals surface area contributed by atoms with E-state index in [1.807, 2.05) is 6.07 Å². The normalized spacial score (nSPS) is 13.4. The number of rotatable bonds is 10. The number of methoxy groups -OCH3 is 2. The van der Waals surface area contributed by atoms with Crippen LogP contribution in [0.25, 0.3) is 10.2 Å². The van der Waals surface area contributed by atoms with Gasteiger partial charge in [0.2, 0.25) is 10.0 Å². The molecule has 182 valence electrons. The number of fused-ring (bicyclic) bond motifs is 2. The molecule has 1 aliphatic rings. The Hall–Kier alpha value is -2.77. The summed E-state index contributed by atoms with van der Waals surface area (Å²) in [6, 6.07) is 9.40. The van der Waals surface area contributed by atoms with E-state index in [1.165, 1.54) is 54.1 Å². The van der Waals surface area contributed by atoms with Crippen molar-refractivity contribution in [3.8, 4) is 11.5 Å². The third kappa shape index (κ3) is 5.31. The van der Waals surface area contributed by atoms with Crippen LogP contribution in [0.15, 0.2) is 41.3 Å². The average Bonchev–Trinajstić information content (AvgIpc) is 3.23. The van der Waals surface area contributed by atoms with E-state index in [0.29, 0.717) is 40.9 Å². The van der Waals surface area contributed by atoms with Crippen molar-refractivity contribution in [2.45, 2.75) is 4.90 Å². The molecule has 1 amide bonds. The van der Waals surface area contributed by atoms with Gasteiger partial charge in [0.25, 0.3) is 5.91 Å². The van der Waals surface area contributed by atoms with Crippen molar-refractivity contribution >= 4 is 42.6 Å². The summed E-state index contributed by atoms with van der Waals surface area (Å²) in [4.78, 5) is 17.3. The van der Waals surface area contributed by atoms with Crippen LogP contribution in [0, 0.1) is 0 Å². The lowest BCUT2D eigenvalue weighted by atomic mass is 10.2. The van der Waals surface area contributed by atoms with Gasteiger partial charge in [0, 0.05) is 45.0 Å². The molecule has 2 aromatic carbocycles. The molecule has 0 unspecified atom stereocenters. The summed E-state index contributed by atoms with van der Waals surface area (Å²) in [5, 5.41) is 3.19. The summed E-state index contributed by atoms with van der Waals surface area (Å²) in [5.74, 6) is 0.891. The summed E-state index contributed by atoms with van der Waals surface area (Å²) in [6.07, 6.45) is 0. The van der Waals surface area contributed by atoms with Crippen LogP contribution in [0.4, 0.5) is 5.13 Å². The monoisotopic (exact) mass is 507 g/mol. The number of hydrogen-bond donors (Lipinski definition) is 1. The molecular formula is C22H25N3O7S2. The summed E-state index contributed by atoms with van der Waals surface area (Å²) in [6.45, 7) is 1.88. The van der Waals surface area contributed by atoms with Crippen LogP contribution in [-0.4, -0.2) is 77.4 Å². The van der Waals surface area contributed by atoms with Crippen LogP contribution in [-0.2, 0) is 19.5 Å². The van der Waals surface area contributed by atoms with E-state index >= 15 is 0 Å². The number of sulfonamides is 1. The number of aromatic nitrogens is 1. The van der Waals surface area contributed by atoms with Gasteiger partial charge in [0.15, 0.2) is 16.6 Å². The number of nitrogens with one attached hydrogen (secondary N) is 1. The maximum atomic E-state index is 13.0. The fraction of sp³-hybridized carbons (Fsp3) is 0.364. The SMILES string of the molecule is COCCN(CCOC)S(=O)(=O)c1ccc(C(=O)Nc2nc3cc4c(cc3s2)OCCO4)cc1. The number of anilines is 1. The second-order valence-electron chi connectivity index (χ2n) is 7.35. The highest BCUT2D eigenvalue weighted by Gasteiger charge is 2.24. The summed E-state index contributed by atoms with van der Waals surface area (Å²) < 4.78 is 49.4. The fourth-order valence-corrected chi connectivity index (χ4v) is 5.63. The van der Waals surface area contributed by atoms with Crippen molar-refractivity contribution < 1.29 is 32.2 Å². The van der Waals surface area contributed by atoms with Crippen LogP contribution in [0.5, 0.6) is 11.5 Å². The van der Waals surface area contributed by atoms with Crippen molar-refractivity contribution in [1.29, 1.82) is 0 Å². The largest absolute Gasteiger partial charge is 0.486 e. The Labute approximate surface area is 201 Å². The van der Waals surface area contributed by atoms with Crippen LogP contribution >= 0.6 is 11.3 Å². The first-order valence-corrected chi connectivity index (χ1v) is 12.8. The Morgan fingerprint density at radius 1 is 1.06 bits per heavy atom. The van der Waals surface area contributed by atoms with Crippen LogP contribution in [0.3, 0.4) is 0 Å². The van der Waals surface area contributed by atoms with Gasteiger partial charge in [-0.05, 0) is 24.3 Å². The van der Waals surface area contributed by atoms with Crippen LogP contribution < -0.4 is 14.8 Å². The molecule has 0 spiro atoms. The molecule has 34 heavy (non-hydrogen) atoms. The summed E-state index contributed by atoms with van der Waals surface area (Å²) >= 11 is 1.31. The lowest BCUT2D eigenvalue weighted by Crippen LogP contribution is -2.36. The highest BCUT2D eigenvalue weighted by Crippen LogP contribution is 2.37. The van der Waals surface area contributed by atoms with Crippen molar-refractivity contribution in [2.75, 3.05) is 59.1 Å². The molecular weight excluding hydrogens is 482 g/mol. The molecule has 2 heterocycles. The minimum absolute atomic E-state index is 0.0850. The van der Waals surface area contributed by atoms with Gasteiger partial charge in [0.1, 0.15) is 13.2 Å². The zero-order chi connectivity index (χ0) is 24.1. The Bertz CT molecular complexity index is 1210. The average molecular weight is 508 g/mol. The third-order valence-electron chi connectivity index (χ3n) is 5.12. The highest BCUT2D eigenvalue weighted by atomic mass is 32.2. The Morgan fingerprint density at radius 2 is 1.68 bits per heavy atom. The molecule has 1 N–H and O–H groups in total. The Balaban J connectivity index is 1.48. The predicted octanol–water partition coefficient (Wildman–Crippen LogP) is 2.60. The minimum atomic E-state index is -3.76. The van der Waals surface area contributed by atoms with E-state index < -0.39 is 15.9 Å². The van der Waals surface area contributed by atoms with Gasteiger partial charge in [-0.25, -0.2) is 13.4 Å². The highest BCUT2D eigenvalue weighted by molar-refractivity contribution is 7.89. The van der Waals surface area contributed by atoms with E-state index in [9.17, 15) is 13.2 Å². The molecule has 1 aromatic heterocycles. The van der Waals surface area contributed by atoms with Gasteiger partial charge >= 0.3 is 0 Å². The molecule has 1 aliphatic heterocycles. The molecule has 12 heteroatoms. The van der Waals surface area contributed by atoms with Crippen molar-refractivity contribution in [3.05, 3.63) is 42.0 Å². The molecule has 0 bridgehead atoms. The number of thiazole rings is 1.